The quantitative estimate of drug-likeness (QED) is 0.189. The van der Waals surface area contributed by atoms with E-state index in [2.05, 4.69) is 5.32 Å². The summed E-state index contributed by atoms with van der Waals surface area (Å²) in [5, 5.41) is 3.03. The molecule has 0 aliphatic carbocycles. The Hall–Kier alpha value is -3.92. The molecule has 44 heavy (non-hydrogen) atoms. The molecular weight excluding hydrogens is 624 g/mol. The van der Waals surface area contributed by atoms with Crippen LogP contribution in [0.5, 0.6) is 0 Å². The van der Waals surface area contributed by atoms with Gasteiger partial charge in [0, 0.05) is 24.0 Å². The molecule has 11 heteroatoms. The average molecular weight is 657 g/mol. The van der Waals surface area contributed by atoms with Crippen LogP contribution in [-0.4, -0.2) is 43.8 Å². The van der Waals surface area contributed by atoms with Crippen LogP contribution in [0.15, 0.2) is 108 Å². The Morgan fingerprint density at radius 3 is 2.09 bits per heavy atom. The van der Waals surface area contributed by atoms with Crippen molar-refractivity contribution in [2.75, 3.05) is 10.8 Å². The normalized spacial score (nSPS) is 12.0. The molecule has 0 radical (unpaired) electrons. The Bertz CT molecular complexity index is 1710. The molecule has 0 bridgehead atoms. The fourth-order valence-electron chi connectivity index (χ4n) is 4.66. The molecule has 4 aromatic rings. The zero-order valence-electron chi connectivity index (χ0n) is 24.2. The van der Waals surface area contributed by atoms with Gasteiger partial charge in [-0.15, -0.1) is 0 Å². The number of hydrogen-bond donors (Lipinski definition) is 1. The molecule has 0 fully saturated rings. The summed E-state index contributed by atoms with van der Waals surface area (Å²) in [7, 11) is -4.33. The van der Waals surface area contributed by atoms with Gasteiger partial charge in [0.05, 0.1) is 15.6 Å². The first kappa shape index (κ1) is 33.0. The molecule has 0 aliphatic heterocycles. The number of carbonyl (C=O) groups excluding carboxylic acids is 2. The van der Waals surface area contributed by atoms with E-state index < -0.39 is 40.2 Å². The number of anilines is 1. The van der Waals surface area contributed by atoms with Crippen LogP contribution in [0.4, 0.5) is 10.1 Å². The van der Waals surface area contributed by atoms with E-state index in [9.17, 15) is 22.4 Å². The van der Waals surface area contributed by atoms with Crippen LogP contribution >= 0.6 is 23.2 Å². The van der Waals surface area contributed by atoms with Crippen molar-refractivity contribution in [1.82, 2.24) is 10.2 Å². The van der Waals surface area contributed by atoms with Gasteiger partial charge in [-0.3, -0.25) is 13.9 Å². The summed E-state index contributed by atoms with van der Waals surface area (Å²) >= 11 is 12.3. The van der Waals surface area contributed by atoms with Crippen molar-refractivity contribution in [1.29, 1.82) is 0 Å². The molecule has 1 N–H and O–H groups in total. The van der Waals surface area contributed by atoms with Crippen LogP contribution in [-0.2, 0) is 32.6 Å². The van der Waals surface area contributed by atoms with Crippen molar-refractivity contribution >= 4 is 50.7 Å². The fourth-order valence-corrected chi connectivity index (χ4v) is 6.47. The summed E-state index contributed by atoms with van der Waals surface area (Å²) in [5.74, 6) is -1.80. The molecule has 230 valence electrons. The van der Waals surface area contributed by atoms with Crippen molar-refractivity contribution in [2.24, 2.45) is 0 Å². The number of hydrogen-bond acceptors (Lipinski definition) is 4. The average Bonchev–Trinajstić information content (AvgIpc) is 2.99. The Morgan fingerprint density at radius 2 is 1.48 bits per heavy atom. The third-order valence-corrected chi connectivity index (χ3v) is 9.06. The number of amides is 2. The first-order chi connectivity index (χ1) is 21.0. The van der Waals surface area contributed by atoms with Crippen LogP contribution in [0.25, 0.3) is 0 Å². The highest BCUT2D eigenvalue weighted by Crippen LogP contribution is 2.28. The van der Waals surface area contributed by atoms with Gasteiger partial charge in [-0.2, -0.15) is 0 Å². The summed E-state index contributed by atoms with van der Waals surface area (Å²) in [6, 6.07) is 25.9. The standard InChI is InChI=1S/C33H32Cl2FN3O4S/c1-23(2)37-33(41)31(19-24-10-5-3-6-11-24)38(21-25-12-9-13-26(34)18-25)32(40)22-39(27-16-17-30(36)29(35)20-27)44(42,43)28-14-7-4-8-15-28/h3-18,20,23,31H,19,21-22H2,1-2H3,(H,37,41). The molecule has 0 spiro atoms. The van der Waals surface area contributed by atoms with E-state index in [0.717, 1.165) is 22.0 Å². The first-order valence-corrected chi connectivity index (χ1v) is 16.1. The van der Waals surface area contributed by atoms with E-state index in [-0.39, 0.29) is 34.6 Å². The zero-order valence-corrected chi connectivity index (χ0v) is 26.5. The molecule has 1 unspecified atom stereocenters. The molecule has 4 rings (SSSR count). The molecule has 0 saturated carbocycles. The van der Waals surface area contributed by atoms with E-state index in [1.165, 1.54) is 23.1 Å². The van der Waals surface area contributed by atoms with Crippen LogP contribution in [0.3, 0.4) is 0 Å². The summed E-state index contributed by atoms with van der Waals surface area (Å²) < 4.78 is 42.9. The third-order valence-electron chi connectivity index (χ3n) is 6.75. The predicted molar refractivity (Wildman–Crippen MR) is 172 cm³/mol. The van der Waals surface area contributed by atoms with Crippen LogP contribution in [0, 0.1) is 5.82 Å². The molecule has 4 aromatic carbocycles. The zero-order chi connectivity index (χ0) is 31.9. The van der Waals surface area contributed by atoms with Gasteiger partial charge in [0.25, 0.3) is 10.0 Å². The van der Waals surface area contributed by atoms with Gasteiger partial charge in [-0.25, -0.2) is 12.8 Å². The second-order valence-electron chi connectivity index (χ2n) is 10.4. The Labute approximate surface area is 267 Å². The monoisotopic (exact) mass is 655 g/mol. The van der Waals surface area contributed by atoms with Gasteiger partial charge >= 0.3 is 0 Å². The van der Waals surface area contributed by atoms with Gasteiger partial charge < -0.3 is 10.2 Å². The Morgan fingerprint density at radius 1 is 0.841 bits per heavy atom. The molecule has 0 aromatic heterocycles. The minimum atomic E-state index is -4.33. The lowest BCUT2D eigenvalue weighted by Gasteiger charge is -2.34. The first-order valence-electron chi connectivity index (χ1n) is 13.9. The topological polar surface area (TPSA) is 86.8 Å². The number of nitrogens with one attached hydrogen (secondary N) is 1. The van der Waals surface area contributed by atoms with E-state index in [0.29, 0.717) is 10.6 Å². The van der Waals surface area contributed by atoms with E-state index in [4.69, 9.17) is 23.2 Å². The summed E-state index contributed by atoms with van der Waals surface area (Å²) in [5.41, 5.74) is 1.44. The van der Waals surface area contributed by atoms with Gasteiger partial charge in [-0.05, 0) is 67.4 Å². The van der Waals surface area contributed by atoms with Crippen molar-refractivity contribution in [3.05, 3.63) is 130 Å². The SMILES string of the molecule is CC(C)NC(=O)C(Cc1ccccc1)N(Cc1cccc(Cl)c1)C(=O)CN(c1ccc(F)c(Cl)c1)S(=O)(=O)c1ccccc1. The molecule has 0 heterocycles. The minimum absolute atomic E-state index is 0.0115. The molecule has 2 amide bonds. The molecule has 1 atom stereocenters. The van der Waals surface area contributed by atoms with Gasteiger partial charge in [0.15, 0.2) is 0 Å². The summed E-state index contributed by atoms with van der Waals surface area (Å²) in [4.78, 5) is 29.3. The van der Waals surface area contributed by atoms with E-state index >= 15 is 0 Å². The number of benzene rings is 4. The maximum Gasteiger partial charge on any atom is 0.264 e. The van der Waals surface area contributed by atoms with E-state index in [1.54, 1.807) is 42.5 Å². The summed E-state index contributed by atoms with van der Waals surface area (Å²) in [6.07, 6.45) is 0.166. The third kappa shape index (κ3) is 8.37. The highest BCUT2D eigenvalue weighted by Gasteiger charge is 2.35. The predicted octanol–water partition coefficient (Wildman–Crippen LogP) is 6.49. The fraction of sp³-hybridized carbons (Fsp3) is 0.212. The minimum Gasteiger partial charge on any atom is -0.352 e. The van der Waals surface area contributed by atoms with Crippen molar-refractivity contribution in [3.63, 3.8) is 0 Å². The lowest BCUT2D eigenvalue weighted by atomic mass is 10.0. The smallest absolute Gasteiger partial charge is 0.264 e. The highest BCUT2D eigenvalue weighted by molar-refractivity contribution is 7.92. The lowest BCUT2D eigenvalue weighted by Crippen LogP contribution is -2.54. The lowest BCUT2D eigenvalue weighted by molar-refractivity contribution is -0.140. The van der Waals surface area contributed by atoms with Crippen molar-refractivity contribution in [2.45, 2.75) is 43.8 Å². The van der Waals surface area contributed by atoms with Crippen LogP contribution < -0.4 is 9.62 Å². The summed E-state index contributed by atoms with van der Waals surface area (Å²) in [6.45, 7) is 2.89. The number of carbonyl (C=O) groups is 2. The second-order valence-corrected chi connectivity index (χ2v) is 13.1. The van der Waals surface area contributed by atoms with Crippen LogP contribution in [0.2, 0.25) is 10.0 Å². The number of nitrogens with zero attached hydrogens (tertiary/aromatic N) is 2. The maximum atomic E-state index is 14.4. The van der Waals surface area contributed by atoms with Crippen molar-refractivity contribution in [3.8, 4) is 0 Å². The Balaban J connectivity index is 1.82. The van der Waals surface area contributed by atoms with Gasteiger partial charge in [-0.1, -0.05) is 83.9 Å². The Kier molecular flexibility index (Phi) is 11.0. The molecule has 7 nitrogen and oxygen atoms in total. The largest absolute Gasteiger partial charge is 0.352 e. The number of halogens is 3. The highest BCUT2D eigenvalue weighted by atomic mass is 35.5. The van der Waals surface area contributed by atoms with E-state index in [1.807, 2.05) is 44.2 Å². The number of rotatable bonds is 12. The van der Waals surface area contributed by atoms with Crippen LogP contribution in [0.1, 0.15) is 25.0 Å². The molecular formula is C33H32Cl2FN3O4S. The van der Waals surface area contributed by atoms with Crippen molar-refractivity contribution < 1.29 is 22.4 Å². The molecule has 0 aliphatic rings. The van der Waals surface area contributed by atoms with Gasteiger partial charge in [0.2, 0.25) is 11.8 Å². The van der Waals surface area contributed by atoms with Gasteiger partial charge in [0.1, 0.15) is 18.4 Å². The molecule has 0 saturated heterocycles. The number of sulfonamides is 1. The maximum absolute atomic E-state index is 14.4. The second kappa shape index (κ2) is 14.7.